The SMILES string of the molecule is O=C1NC(=O)C2C1CC=C1C2CC2(Cl)C(=O)N(c3c(F)c(F)c(F)c(F)c3F)C(=O)C2(Cl)C1c1cccc(F)c1O. The van der Waals surface area contributed by atoms with E-state index in [-0.39, 0.29) is 16.9 Å². The molecule has 2 N–H and O–H groups in total. The number of hydrogen-bond donors (Lipinski definition) is 2. The fourth-order valence-electron chi connectivity index (χ4n) is 6.59. The number of rotatable bonds is 2. The van der Waals surface area contributed by atoms with E-state index in [9.17, 15) is 50.6 Å². The van der Waals surface area contributed by atoms with Crippen molar-refractivity contribution in [2.75, 3.05) is 4.90 Å². The number of nitrogens with zero attached hydrogens (tertiary/aromatic N) is 1. The van der Waals surface area contributed by atoms with Gasteiger partial charge in [0.1, 0.15) is 5.69 Å². The summed E-state index contributed by atoms with van der Waals surface area (Å²) in [6.07, 6.45) is 0.639. The summed E-state index contributed by atoms with van der Waals surface area (Å²) in [5.41, 5.74) is -2.26. The van der Waals surface area contributed by atoms with Gasteiger partial charge < -0.3 is 5.11 Å². The lowest BCUT2D eigenvalue weighted by molar-refractivity contribution is -0.127. The normalized spacial score (nSPS) is 32.5. The number of phenolic OH excluding ortho intramolecular Hbond substituents is 1. The number of hydrogen-bond acceptors (Lipinski definition) is 5. The zero-order valence-electron chi connectivity index (χ0n) is 20.1. The Hall–Kier alpha value is -3.58. The number of carbonyl (C=O) groups is 4. The first kappa shape index (κ1) is 27.6. The molecule has 0 bridgehead atoms. The third-order valence-corrected chi connectivity index (χ3v) is 9.81. The maximum absolute atomic E-state index is 14.9. The van der Waals surface area contributed by atoms with Gasteiger partial charge in [-0.05, 0) is 24.8 Å². The molecule has 6 unspecified atom stereocenters. The fraction of sp³-hybridized carbons (Fsp3) is 0.308. The van der Waals surface area contributed by atoms with E-state index in [0.717, 1.165) is 18.2 Å². The maximum Gasteiger partial charge on any atom is 0.258 e. The van der Waals surface area contributed by atoms with Gasteiger partial charge in [0.2, 0.25) is 17.6 Å². The molecule has 6 rings (SSSR count). The first-order valence-corrected chi connectivity index (χ1v) is 12.7. The lowest BCUT2D eigenvalue weighted by Gasteiger charge is -2.50. The molecule has 2 aliphatic carbocycles. The van der Waals surface area contributed by atoms with E-state index in [4.69, 9.17) is 23.2 Å². The number of halogens is 8. The van der Waals surface area contributed by atoms with Crippen LogP contribution in [0.5, 0.6) is 5.75 Å². The second-order valence-corrected chi connectivity index (χ2v) is 11.5. The van der Waals surface area contributed by atoms with Gasteiger partial charge in [-0.3, -0.25) is 24.5 Å². The zero-order valence-corrected chi connectivity index (χ0v) is 21.6. The van der Waals surface area contributed by atoms with E-state index in [1.54, 1.807) is 0 Å². The molecule has 1 saturated carbocycles. The Morgan fingerprint density at radius 3 is 2.10 bits per heavy atom. The third kappa shape index (κ3) is 3.24. The van der Waals surface area contributed by atoms with Crippen LogP contribution in [0.4, 0.5) is 32.0 Å². The number of phenols is 1. The number of allylic oxidation sites excluding steroid dienone is 2. The van der Waals surface area contributed by atoms with Crippen molar-refractivity contribution in [3.8, 4) is 5.75 Å². The van der Waals surface area contributed by atoms with E-state index < -0.39 is 115 Å². The lowest BCUT2D eigenvalue weighted by Crippen LogP contribution is -2.60. The van der Waals surface area contributed by atoms with Crippen LogP contribution in [0.2, 0.25) is 0 Å². The van der Waals surface area contributed by atoms with Crippen LogP contribution in [0.15, 0.2) is 29.8 Å². The summed E-state index contributed by atoms with van der Waals surface area (Å²) in [5.74, 6) is -24.5. The minimum absolute atomic E-state index is 0.0770. The summed E-state index contributed by atoms with van der Waals surface area (Å²) in [5, 5.41) is 12.8. The van der Waals surface area contributed by atoms with Gasteiger partial charge in [0.15, 0.2) is 44.6 Å². The van der Waals surface area contributed by atoms with Crippen molar-refractivity contribution in [2.45, 2.75) is 28.5 Å². The molecule has 2 saturated heterocycles. The summed E-state index contributed by atoms with van der Waals surface area (Å²) in [6.45, 7) is 0. The Bertz CT molecular complexity index is 1640. The highest BCUT2D eigenvalue weighted by molar-refractivity contribution is 6.58. The Balaban J connectivity index is 1.64. The average molecular weight is 619 g/mol. The van der Waals surface area contributed by atoms with E-state index in [0.29, 0.717) is 0 Å². The van der Waals surface area contributed by atoms with Gasteiger partial charge in [0, 0.05) is 11.5 Å². The van der Waals surface area contributed by atoms with Crippen molar-refractivity contribution in [1.29, 1.82) is 0 Å². The Labute approximate surface area is 235 Å². The minimum Gasteiger partial charge on any atom is -0.505 e. The van der Waals surface area contributed by atoms with Crippen LogP contribution in [0.1, 0.15) is 24.3 Å². The number of alkyl halides is 2. The number of anilines is 1. The second-order valence-electron chi connectivity index (χ2n) is 10.2. The summed E-state index contributed by atoms with van der Waals surface area (Å²) in [6, 6.07) is 3.09. The van der Waals surface area contributed by atoms with E-state index in [2.05, 4.69) is 5.32 Å². The first-order valence-electron chi connectivity index (χ1n) is 12.0. The number of carbonyl (C=O) groups excluding carboxylic acids is 4. The molecule has 6 atom stereocenters. The van der Waals surface area contributed by atoms with Crippen LogP contribution >= 0.6 is 23.2 Å². The van der Waals surface area contributed by atoms with Crippen LogP contribution in [0.3, 0.4) is 0 Å². The van der Waals surface area contributed by atoms with Crippen LogP contribution < -0.4 is 10.2 Å². The molecule has 214 valence electrons. The monoisotopic (exact) mass is 618 g/mol. The highest BCUT2D eigenvalue weighted by atomic mass is 35.5. The van der Waals surface area contributed by atoms with Crippen LogP contribution in [0, 0.1) is 52.7 Å². The van der Waals surface area contributed by atoms with Crippen LogP contribution in [0.25, 0.3) is 0 Å². The molecule has 7 nitrogen and oxygen atoms in total. The van der Waals surface area contributed by atoms with Gasteiger partial charge in [-0.15, -0.1) is 23.2 Å². The molecule has 0 radical (unpaired) electrons. The Morgan fingerprint density at radius 2 is 1.46 bits per heavy atom. The largest absolute Gasteiger partial charge is 0.505 e. The number of aromatic hydroxyl groups is 1. The quantitative estimate of drug-likeness (QED) is 0.132. The van der Waals surface area contributed by atoms with Crippen molar-refractivity contribution in [3.63, 3.8) is 0 Å². The number of benzene rings is 2. The number of fused-ring (bicyclic) bond motifs is 4. The molecule has 2 aromatic carbocycles. The number of para-hydroxylation sites is 1. The third-order valence-electron chi connectivity index (χ3n) is 8.39. The molecule has 4 amide bonds. The summed E-state index contributed by atoms with van der Waals surface area (Å²) >= 11 is 13.7. The summed E-state index contributed by atoms with van der Waals surface area (Å²) < 4.78 is 86.4. The Morgan fingerprint density at radius 1 is 0.854 bits per heavy atom. The average Bonchev–Trinajstić information content (AvgIpc) is 3.30. The van der Waals surface area contributed by atoms with Crippen molar-refractivity contribution in [2.24, 2.45) is 17.8 Å². The van der Waals surface area contributed by atoms with Gasteiger partial charge in [0.05, 0.1) is 11.8 Å². The fourth-order valence-corrected chi connectivity index (χ4v) is 7.51. The molecular formula is C26H14Cl2F6N2O5. The molecule has 3 fully saturated rings. The van der Waals surface area contributed by atoms with Crippen molar-refractivity contribution in [3.05, 3.63) is 70.3 Å². The van der Waals surface area contributed by atoms with Crippen molar-refractivity contribution >= 4 is 52.5 Å². The zero-order chi connectivity index (χ0) is 29.9. The number of imide groups is 2. The molecule has 2 aliphatic heterocycles. The predicted octanol–water partition coefficient (Wildman–Crippen LogP) is 4.08. The van der Waals surface area contributed by atoms with Gasteiger partial charge in [-0.2, -0.15) is 0 Å². The topological polar surface area (TPSA) is 104 Å². The predicted molar refractivity (Wildman–Crippen MR) is 128 cm³/mol. The van der Waals surface area contributed by atoms with E-state index in [1.165, 1.54) is 6.08 Å². The van der Waals surface area contributed by atoms with Gasteiger partial charge in [0.25, 0.3) is 11.8 Å². The smallest absolute Gasteiger partial charge is 0.258 e. The lowest BCUT2D eigenvalue weighted by atomic mass is 9.56. The van der Waals surface area contributed by atoms with Crippen LogP contribution in [-0.2, 0) is 19.2 Å². The molecule has 0 aromatic heterocycles. The molecule has 2 heterocycles. The molecule has 0 spiro atoms. The van der Waals surface area contributed by atoms with Gasteiger partial charge in [-0.25, -0.2) is 31.2 Å². The molecule has 4 aliphatic rings. The number of amides is 4. The Kier molecular flexibility index (Phi) is 5.86. The highest BCUT2D eigenvalue weighted by Crippen LogP contribution is 2.66. The van der Waals surface area contributed by atoms with E-state index >= 15 is 0 Å². The van der Waals surface area contributed by atoms with Gasteiger partial charge >= 0.3 is 0 Å². The molecular weight excluding hydrogens is 605 g/mol. The number of nitrogens with one attached hydrogen (secondary N) is 1. The highest BCUT2D eigenvalue weighted by Gasteiger charge is 2.77. The molecule has 2 aromatic rings. The summed E-state index contributed by atoms with van der Waals surface area (Å²) in [4.78, 5) is 47.1. The standard InChI is InChI=1S/C26H14Cl2F6N2O5/c27-25-6-10-7(4-5-8-12(10)22(39)35-21(8)38)13(9-2-1-3-11(29)20(9)37)26(25,28)24(41)36(23(25)40)19-17(33)15(31)14(30)16(32)18(19)34/h1-4,8,10,12-13,37H,5-6H2,(H,35,38,39). The molecule has 15 heteroatoms. The first-order chi connectivity index (χ1) is 19.2. The van der Waals surface area contributed by atoms with Gasteiger partial charge in [-0.1, -0.05) is 23.8 Å². The van der Waals surface area contributed by atoms with E-state index in [1.807, 2.05) is 0 Å². The van der Waals surface area contributed by atoms with Crippen LogP contribution in [-0.4, -0.2) is 38.5 Å². The van der Waals surface area contributed by atoms with Crippen molar-refractivity contribution in [1.82, 2.24) is 5.32 Å². The summed E-state index contributed by atoms with van der Waals surface area (Å²) in [7, 11) is 0. The second kappa shape index (κ2) is 8.71. The minimum atomic E-state index is -2.84. The van der Waals surface area contributed by atoms with Crippen molar-refractivity contribution < 1.29 is 50.6 Å². The molecule has 41 heavy (non-hydrogen) atoms. The maximum atomic E-state index is 14.9.